The number of hydrogen-bond acceptors (Lipinski definition) is 2. The fourth-order valence-corrected chi connectivity index (χ4v) is 2.69. The third-order valence-electron chi connectivity index (χ3n) is 4.58. The summed E-state index contributed by atoms with van der Waals surface area (Å²) in [6.07, 6.45) is 0. The zero-order chi connectivity index (χ0) is 17.6. The van der Waals surface area contributed by atoms with Crippen molar-refractivity contribution in [3.63, 3.8) is 0 Å². The van der Waals surface area contributed by atoms with Crippen molar-refractivity contribution in [3.05, 3.63) is 94.5 Å². The monoisotopic (exact) mass is 331 g/mol. The molecule has 0 amide bonds. The number of rotatable bonds is 6. The van der Waals surface area contributed by atoms with Crippen LogP contribution in [0.5, 0.6) is 5.75 Å². The molecule has 1 N–H and O–H groups in total. The summed E-state index contributed by atoms with van der Waals surface area (Å²) in [6.45, 7) is 7.80. The van der Waals surface area contributed by atoms with E-state index in [1.807, 2.05) is 18.2 Å². The van der Waals surface area contributed by atoms with E-state index in [1.165, 1.54) is 27.8 Å². The molecule has 0 fully saturated rings. The smallest absolute Gasteiger partial charge is 0.119 e. The van der Waals surface area contributed by atoms with Gasteiger partial charge in [-0.25, -0.2) is 0 Å². The molecule has 0 aromatic heterocycles. The lowest BCUT2D eigenvalue weighted by Crippen LogP contribution is -2.01. The maximum Gasteiger partial charge on any atom is 0.119 e. The highest BCUT2D eigenvalue weighted by Gasteiger charge is 2.01. The van der Waals surface area contributed by atoms with Crippen LogP contribution in [0.25, 0.3) is 0 Å². The van der Waals surface area contributed by atoms with E-state index in [1.54, 1.807) is 0 Å². The van der Waals surface area contributed by atoms with E-state index in [2.05, 4.69) is 74.6 Å². The van der Waals surface area contributed by atoms with Gasteiger partial charge >= 0.3 is 0 Å². The molecule has 2 nitrogen and oxygen atoms in total. The molecule has 0 heterocycles. The Kier molecular flexibility index (Phi) is 5.39. The third-order valence-corrected chi connectivity index (χ3v) is 4.58. The zero-order valence-electron chi connectivity index (χ0n) is 15.2. The van der Waals surface area contributed by atoms with Gasteiger partial charge in [0.05, 0.1) is 0 Å². The molecule has 3 aromatic carbocycles. The zero-order valence-corrected chi connectivity index (χ0v) is 15.2. The van der Waals surface area contributed by atoms with Crippen molar-refractivity contribution in [2.24, 2.45) is 0 Å². The van der Waals surface area contributed by atoms with Gasteiger partial charge in [0.1, 0.15) is 12.4 Å². The molecule has 2 heteroatoms. The van der Waals surface area contributed by atoms with Gasteiger partial charge in [-0.05, 0) is 72.9 Å². The van der Waals surface area contributed by atoms with Crippen molar-refractivity contribution in [2.75, 3.05) is 5.32 Å². The number of hydrogen-bond donors (Lipinski definition) is 1. The van der Waals surface area contributed by atoms with Gasteiger partial charge in [0.25, 0.3) is 0 Å². The molecule has 0 saturated heterocycles. The molecule has 0 bridgehead atoms. The molecule has 0 atom stereocenters. The van der Waals surface area contributed by atoms with Crippen LogP contribution in [0.2, 0.25) is 0 Å². The Bertz CT molecular complexity index is 837. The number of benzene rings is 3. The van der Waals surface area contributed by atoms with Crippen molar-refractivity contribution in [2.45, 2.75) is 33.9 Å². The van der Waals surface area contributed by atoms with Crippen molar-refractivity contribution in [3.8, 4) is 5.75 Å². The second-order valence-corrected chi connectivity index (χ2v) is 6.51. The van der Waals surface area contributed by atoms with Crippen LogP contribution in [0, 0.1) is 20.8 Å². The van der Waals surface area contributed by atoms with Crippen molar-refractivity contribution in [1.82, 2.24) is 0 Å². The van der Waals surface area contributed by atoms with Crippen LogP contribution < -0.4 is 10.1 Å². The molecular weight excluding hydrogens is 306 g/mol. The molecule has 0 spiro atoms. The maximum absolute atomic E-state index is 5.90. The normalized spacial score (nSPS) is 10.5. The van der Waals surface area contributed by atoms with Crippen LogP contribution in [0.1, 0.15) is 27.8 Å². The van der Waals surface area contributed by atoms with Gasteiger partial charge in [-0.15, -0.1) is 0 Å². The summed E-state index contributed by atoms with van der Waals surface area (Å²) >= 11 is 0. The second kappa shape index (κ2) is 7.89. The fourth-order valence-electron chi connectivity index (χ4n) is 2.69. The van der Waals surface area contributed by atoms with Crippen LogP contribution in [0.4, 0.5) is 5.69 Å². The standard InChI is InChI=1S/C23H25NO/c1-17-8-11-22(14-19(17)3)24-15-20-9-12-23(13-10-20)25-16-21-7-5-4-6-18(21)2/h4-14,24H,15-16H2,1-3H3. The number of nitrogens with one attached hydrogen (secondary N) is 1. The van der Waals surface area contributed by atoms with Gasteiger partial charge in [0, 0.05) is 12.2 Å². The summed E-state index contributed by atoms with van der Waals surface area (Å²) in [5.74, 6) is 0.901. The minimum Gasteiger partial charge on any atom is -0.489 e. The van der Waals surface area contributed by atoms with E-state index in [-0.39, 0.29) is 0 Å². The highest BCUT2D eigenvalue weighted by atomic mass is 16.5. The summed E-state index contributed by atoms with van der Waals surface area (Å²) in [7, 11) is 0. The van der Waals surface area contributed by atoms with Gasteiger partial charge in [0.15, 0.2) is 0 Å². The highest BCUT2D eigenvalue weighted by Crippen LogP contribution is 2.18. The quantitative estimate of drug-likeness (QED) is 0.616. The Balaban J connectivity index is 1.55. The van der Waals surface area contributed by atoms with Gasteiger partial charge in [-0.2, -0.15) is 0 Å². The van der Waals surface area contributed by atoms with E-state index < -0.39 is 0 Å². The summed E-state index contributed by atoms with van der Waals surface area (Å²) < 4.78 is 5.90. The fraction of sp³-hybridized carbons (Fsp3) is 0.217. The van der Waals surface area contributed by atoms with E-state index in [9.17, 15) is 0 Å². The summed E-state index contributed by atoms with van der Waals surface area (Å²) in [4.78, 5) is 0. The predicted octanol–water partition coefficient (Wildman–Crippen LogP) is 5.80. The van der Waals surface area contributed by atoms with Crippen LogP contribution >= 0.6 is 0 Å². The Labute approximate surface area is 150 Å². The first-order valence-electron chi connectivity index (χ1n) is 8.69. The highest BCUT2D eigenvalue weighted by molar-refractivity contribution is 5.48. The number of ether oxygens (including phenoxy) is 1. The van der Waals surface area contributed by atoms with Crippen molar-refractivity contribution >= 4 is 5.69 Å². The van der Waals surface area contributed by atoms with E-state index in [4.69, 9.17) is 4.74 Å². The first kappa shape index (κ1) is 17.1. The molecule has 0 unspecified atom stereocenters. The van der Waals surface area contributed by atoms with Crippen LogP contribution in [0.3, 0.4) is 0 Å². The molecule has 0 aliphatic carbocycles. The molecule has 25 heavy (non-hydrogen) atoms. The first-order valence-corrected chi connectivity index (χ1v) is 8.69. The lowest BCUT2D eigenvalue weighted by molar-refractivity contribution is 0.305. The van der Waals surface area contributed by atoms with Gasteiger partial charge in [-0.1, -0.05) is 42.5 Å². The number of anilines is 1. The molecular formula is C23H25NO. The van der Waals surface area contributed by atoms with E-state index >= 15 is 0 Å². The minimum atomic E-state index is 0.604. The van der Waals surface area contributed by atoms with Gasteiger partial charge in [-0.3, -0.25) is 0 Å². The second-order valence-electron chi connectivity index (χ2n) is 6.51. The topological polar surface area (TPSA) is 21.3 Å². The Morgan fingerprint density at radius 1 is 0.760 bits per heavy atom. The average Bonchev–Trinajstić information content (AvgIpc) is 2.63. The Morgan fingerprint density at radius 2 is 1.52 bits per heavy atom. The Hall–Kier alpha value is -2.74. The van der Waals surface area contributed by atoms with Crippen LogP contribution in [-0.2, 0) is 13.2 Å². The summed E-state index contributed by atoms with van der Waals surface area (Å²) in [5.41, 5.74) is 7.51. The minimum absolute atomic E-state index is 0.604. The van der Waals surface area contributed by atoms with Crippen LogP contribution in [0.15, 0.2) is 66.7 Å². The predicted molar refractivity (Wildman–Crippen MR) is 105 cm³/mol. The molecule has 0 aliphatic rings. The average molecular weight is 331 g/mol. The van der Waals surface area contributed by atoms with Crippen molar-refractivity contribution in [1.29, 1.82) is 0 Å². The molecule has 3 aromatic rings. The van der Waals surface area contributed by atoms with E-state index in [0.717, 1.165) is 18.0 Å². The molecule has 0 radical (unpaired) electrons. The van der Waals surface area contributed by atoms with E-state index in [0.29, 0.717) is 6.61 Å². The molecule has 3 rings (SSSR count). The SMILES string of the molecule is Cc1ccc(NCc2ccc(OCc3ccccc3C)cc2)cc1C. The molecule has 0 aliphatic heterocycles. The largest absolute Gasteiger partial charge is 0.489 e. The summed E-state index contributed by atoms with van der Waals surface area (Å²) in [5, 5.41) is 3.47. The first-order chi connectivity index (χ1) is 12.1. The molecule has 0 saturated carbocycles. The summed E-state index contributed by atoms with van der Waals surface area (Å²) in [6, 6.07) is 23.1. The van der Waals surface area contributed by atoms with Gasteiger partial charge in [0.2, 0.25) is 0 Å². The third kappa shape index (κ3) is 4.63. The lowest BCUT2D eigenvalue weighted by atomic mass is 10.1. The number of aryl methyl sites for hydroxylation is 3. The lowest BCUT2D eigenvalue weighted by Gasteiger charge is -2.11. The van der Waals surface area contributed by atoms with Crippen LogP contribution in [-0.4, -0.2) is 0 Å². The van der Waals surface area contributed by atoms with Crippen molar-refractivity contribution < 1.29 is 4.74 Å². The Morgan fingerprint density at radius 3 is 2.24 bits per heavy atom. The maximum atomic E-state index is 5.90. The molecule has 128 valence electrons. The van der Waals surface area contributed by atoms with Gasteiger partial charge < -0.3 is 10.1 Å².